The van der Waals surface area contributed by atoms with Crippen molar-refractivity contribution in [3.63, 3.8) is 0 Å². The Morgan fingerprint density at radius 2 is 2.21 bits per heavy atom. The van der Waals surface area contributed by atoms with Gasteiger partial charge in [-0.3, -0.25) is 4.79 Å². The second-order valence-corrected chi connectivity index (χ2v) is 8.12. The Hall–Kier alpha value is -2.26. The number of methoxy groups -OCH3 is 1. The van der Waals surface area contributed by atoms with Gasteiger partial charge in [0.15, 0.2) is 5.82 Å². The second kappa shape index (κ2) is 8.62. The largest absolute Gasteiger partial charge is 0.385 e. The summed E-state index contributed by atoms with van der Waals surface area (Å²) in [7, 11) is 3.55. The molecule has 9 nitrogen and oxygen atoms in total. The molecule has 0 aromatic carbocycles. The van der Waals surface area contributed by atoms with E-state index in [2.05, 4.69) is 10.1 Å². The first-order valence-electron chi connectivity index (χ1n) is 10.3. The van der Waals surface area contributed by atoms with Gasteiger partial charge in [0.05, 0.1) is 11.7 Å². The third kappa shape index (κ3) is 4.20. The van der Waals surface area contributed by atoms with Crippen LogP contribution in [0.3, 0.4) is 0 Å². The molecule has 1 atom stereocenters. The maximum atomic E-state index is 13.0. The fourth-order valence-electron chi connectivity index (χ4n) is 4.35. The number of amides is 1. The molecule has 0 N–H and O–H groups in total. The van der Waals surface area contributed by atoms with Gasteiger partial charge in [-0.05, 0) is 32.1 Å². The number of imidazole rings is 1. The molecule has 0 aliphatic carbocycles. The molecule has 2 aliphatic heterocycles. The van der Waals surface area contributed by atoms with Gasteiger partial charge >= 0.3 is 0 Å². The molecule has 4 heterocycles. The first kappa shape index (κ1) is 20.0. The minimum atomic E-state index is -0.369. The van der Waals surface area contributed by atoms with E-state index in [4.69, 9.17) is 19.0 Å². The molecule has 2 saturated heterocycles. The third-order valence-corrected chi connectivity index (χ3v) is 6.06. The van der Waals surface area contributed by atoms with Crippen LogP contribution in [-0.2, 0) is 21.9 Å². The Bertz CT molecular complexity index is 828. The van der Waals surface area contributed by atoms with Gasteiger partial charge in [-0.25, -0.2) is 4.98 Å². The summed E-state index contributed by atoms with van der Waals surface area (Å²) in [4.78, 5) is 23.9. The van der Waals surface area contributed by atoms with Crippen molar-refractivity contribution in [2.45, 2.75) is 43.4 Å². The quantitative estimate of drug-likeness (QED) is 0.727. The summed E-state index contributed by atoms with van der Waals surface area (Å²) in [6, 6.07) is 0. The number of nitrogens with zero attached hydrogens (tertiary/aromatic N) is 5. The number of hydrogen-bond acceptors (Lipinski definition) is 7. The molecule has 0 bridgehead atoms. The molecular weight excluding hydrogens is 374 g/mol. The predicted octanol–water partition coefficient (Wildman–Crippen LogP) is 1.91. The number of piperidine rings is 1. The number of aryl methyl sites for hydroxylation is 1. The molecule has 4 rings (SSSR count). The fraction of sp³-hybridized carbons (Fsp3) is 0.700. The lowest BCUT2D eigenvalue weighted by atomic mass is 9.76. The average molecular weight is 403 g/mol. The summed E-state index contributed by atoms with van der Waals surface area (Å²) in [5.41, 5.74) is 0.0945. The van der Waals surface area contributed by atoms with Crippen LogP contribution in [0.1, 0.15) is 60.2 Å². The number of ether oxygens (including phenoxy) is 2. The molecule has 2 fully saturated rings. The SMILES string of the molecule is COCCC1(c2noc(C3CCOCC3)n2)CCCN(C(=O)c2cn(C)cn2)C1. The lowest BCUT2D eigenvalue weighted by Gasteiger charge is -2.40. The van der Waals surface area contributed by atoms with Crippen molar-refractivity contribution in [1.29, 1.82) is 0 Å². The fourth-order valence-corrected chi connectivity index (χ4v) is 4.35. The Balaban J connectivity index is 1.57. The van der Waals surface area contributed by atoms with Crippen molar-refractivity contribution in [3.8, 4) is 0 Å². The van der Waals surface area contributed by atoms with E-state index in [9.17, 15) is 4.79 Å². The number of rotatable bonds is 6. The highest BCUT2D eigenvalue weighted by molar-refractivity contribution is 5.92. The lowest BCUT2D eigenvalue weighted by molar-refractivity contribution is 0.0562. The van der Waals surface area contributed by atoms with Crippen molar-refractivity contribution in [1.82, 2.24) is 24.6 Å². The summed E-state index contributed by atoms with van der Waals surface area (Å²) >= 11 is 0. The average Bonchev–Trinajstić information content (AvgIpc) is 3.42. The summed E-state index contributed by atoms with van der Waals surface area (Å²) in [5, 5.41) is 4.37. The smallest absolute Gasteiger partial charge is 0.274 e. The maximum Gasteiger partial charge on any atom is 0.274 e. The maximum absolute atomic E-state index is 13.0. The van der Waals surface area contributed by atoms with Crippen LogP contribution in [0, 0.1) is 0 Å². The highest BCUT2D eigenvalue weighted by Crippen LogP contribution is 2.37. The Kier molecular flexibility index (Phi) is 5.96. The van der Waals surface area contributed by atoms with Crippen molar-refractivity contribution < 1.29 is 18.8 Å². The van der Waals surface area contributed by atoms with Crippen LogP contribution in [0.15, 0.2) is 17.0 Å². The molecule has 0 saturated carbocycles. The van der Waals surface area contributed by atoms with Crippen molar-refractivity contribution in [2.24, 2.45) is 7.05 Å². The molecule has 2 aromatic heterocycles. The van der Waals surface area contributed by atoms with Gasteiger partial charge in [0.2, 0.25) is 5.89 Å². The normalized spacial score (nSPS) is 23.4. The topological polar surface area (TPSA) is 95.5 Å². The minimum absolute atomic E-state index is 0.0553. The van der Waals surface area contributed by atoms with E-state index in [0.717, 1.165) is 45.3 Å². The molecule has 0 spiro atoms. The molecule has 29 heavy (non-hydrogen) atoms. The Morgan fingerprint density at radius 3 is 2.93 bits per heavy atom. The predicted molar refractivity (Wildman–Crippen MR) is 104 cm³/mol. The Labute approximate surface area is 170 Å². The van der Waals surface area contributed by atoms with E-state index in [-0.39, 0.29) is 17.2 Å². The zero-order valence-electron chi connectivity index (χ0n) is 17.2. The highest BCUT2D eigenvalue weighted by atomic mass is 16.5. The van der Waals surface area contributed by atoms with Gasteiger partial charge in [-0.15, -0.1) is 0 Å². The second-order valence-electron chi connectivity index (χ2n) is 8.12. The number of carbonyl (C=O) groups excluding carboxylic acids is 1. The number of aromatic nitrogens is 4. The standard InChI is InChI=1S/C20H29N5O4/c1-24-12-16(21-14-24)18(26)25-8-3-6-20(13-25,7-11-27-2)19-22-17(29-23-19)15-4-9-28-10-5-15/h12,14-15H,3-11,13H2,1-2H3. The van der Waals surface area contributed by atoms with Gasteiger partial charge in [0.1, 0.15) is 5.69 Å². The van der Waals surface area contributed by atoms with Gasteiger partial charge in [-0.1, -0.05) is 5.16 Å². The van der Waals surface area contributed by atoms with E-state index in [1.54, 1.807) is 24.2 Å². The van der Waals surface area contributed by atoms with Gasteiger partial charge in [0, 0.05) is 59.2 Å². The van der Waals surface area contributed by atoms with Crippen LogP contribution in [0.25, 0.3) is 0 Å². The van der Waals surface area contributed by atoms with Crippen molar-refractivity contribution in [3.05, 3.63) is 29.9 Å². The number of carbonyl (C=O) groups is 1. The highest BCUT2D eigenvalue weighted by Gasteiger charge is 2.43. The minimum Gasteiger partial charge on any atom is -0.385 e. The number of likely N-dealkylation sites (tertiary alicyclic amines) is 1. The van der Waals surface area contributed by atoms with E-state index in [1.807, 2.05) is 11.9 Å². The first-order chi connectivity index (χ1) is 14.1. The zero-order valence-corrected chi connectivity index (χ0v) is 17.2. The molecule has 2 aliphatic rings. The van der Waals surface area contributed by atoms with Crippen LogP contribution in [-0.4, -0.2) is 70.5 Å². The van der Waals surface area contributed by atoms with Gasteiger partial charge in [-0.2, -0.15) is 4.98 Å². The summed E-state index contributed by atoms with van der Waals surface area (Å²) < 4.78 is 18.3. The summed E-state index contributed by atoms with van der Waals surface area (Å²) in [5.74, 6) is 1.57. The Morgan fingerprint density at radius 1 is 1.38 bits per heavy atom. The molecular formula is C20H29N5O4. The van der Waals surface area contributed by atoms with E-state index in [1.165, 1.54) is 0 Å². The van der Waals surface area contributed by atoms with E-state index < -0.39 is 0 Å². The first-order valence-corrected chi connectivity index (χ1v) is 10.3. The van der Waals surface area contributed by atoms with Crippen molar-refractivity contribution in [2.75, 3.05) is 40.0 Å². The van der Waals surface area contributed by atoms with Crippen molar-refractivity contribution >= 4 is 5.91 Å². The molecule has 1 unspecified atom stereocenters. The van der Waals surface area contributed by atoms with Gasteiger partial charge < -0.3 is 23.5 Å². The van der Waals surface area contributed by atoms with Crippen LogP contribution in [0.4, 0.5) is 0 Å². The summed E-state index contributed by atoms with van der Waals surface area (Å²) in [6.07, 6.45) is 7.72. The third-order valence-electron chi connectivity index (χ3n) is 6.06. The molecule has 9 heteroatoms. The van der Waals surface area contributed by atoms with Crippen LogP contribution >= 0.6 is 0 Å². The molecule has 1 amide bonds. The monoisotopic (exact) mass is 403 g/mol. The van der Waals surface area contributed by atoms with Crippen LogP contribution in [0.5, 0.6) is 0 Å². The summed E-state index contributed by atoms with van der Waals surface area (Å²) in [6.45, 7) is 3.27. The number of hydrogen-bond donors (Lipinski definition) is 0. The molecule has 158 valence electrons. The molecule has 0 radical (unpaired) electrons. The van der Waals surface area contributed by atoms with Gasteiger partial charge in [0.25, 0.3) is 5.91 Å². The zero-order chi connectivity index (χ0) is 20.3. The van der Waals surface area contributed by atoms with E-state index >= 15 is 0 Å². The van der Waals surface area contributed by atoms with E-state index in [0.29, 0.717) is 37.1 Å². The van der Waals surface area contributed by atoms with Crippen LogP contribution in [0.2, 0.25) is 0 Å². The van der Waals surface area contributed by atoms with Crippen LogP contribution < -0.4 is 0 Å². The molecule has 2 aromatic rings. The lowest BCUT2D eigenvalue weighted by Crippen LogP contribution is -2.49.